The van der Waals surface area contributed by atoms with Gasteiger partial charge in [0.25, 0.3) is 0 Å². The van der Waals surface area contributed by atoms with Crippen LogP contribution in [0.25, 0.3) is 0 Å². The molecule has 0 unspecified atom stereocenters. The third-order valence-electron chi connectivity index (χ3n) is 2.64. The van der Waals surface area contributed by atoms with E-state index in [4.69, 9.17) is 10.8 Å². The Morgan fingerprint density at radius 3 is 3.14 bits per heavy atom. The lowest BCUT2D eigenvalue weighted by Gasteiger charge is -2.23. The summed E-state index contributed by atoms with van der Waals surface area (Å²) in [6, 6.07) is 5.81. The first kappa shape index (κ1) is 9.27. The van der Waals surface area contributed by atoms with Gasteiger partial charge in [-0.25, -0.2) is 4.98 Å². The smallest absolute Gasteiger partial charge is 0.131 e. The van der Waals surface area contributed by atoms with Crippen LogP contribution in [0.15, 0.2) is 18.2 Å². The maximum absolute atomic E-state index is 9.17. The fourth-order valence-electron chi connectivity index (χ4n) is 1.93. The van der Waals surface area contributed by atoms with Crippen molar-refractivity contribution in [1.29, 1.82) is 0 Å². The lowest BCUT2D eigenvalue weighted by atomic mass is 10.2. The fraction of sp³-hybridized carbons (Fsp3) is 0.500. The van der Waals surface area contributed by atoms with Gasteiger partial charge < -0.3 is 15.7 Å². The van der Waals surface area contributed by atoms with Gasteiger partial charge in [0.1, 0.15) is 11.6 Å². The van der Waals surface area contributed by atoms with Gasteiger partial charge in [-0.05, 0) is 25.0 Å². The van der Waals surface area contributed by atoms with Gasteiger partial charge in [0.05, 0.1) is 12.6 Å². The summed E-state index contributed by atoms with van der Waals surface area (Å²) in [6.07, 6.45) is 2.15. The van der Waals surface area contributed by atoms with E-state index in [9.17, 15) is 0 Å². The summed E-state index contributed by atoms with van der Waals surface area (Å²) < 4.78 is 0. The predicted octanol–water partition coefficient (Wildman–Crippen LogP) is 0.625. The number of hydrogen-bond donors (Lipinski definition) is 2. The highest BCUT2D eigenvalue weighted by Gasteiger charge is 2.24. The summed E-state index contributed by atoms with van der Waals surface area (Å²) in [5.74, 6) is 1.41. The number of aliphatic hydroxyl groups is 1. The molecule has 0 spiro atoms. The standard InChI is InChI=1S/C10H15N3O/c11-9-4-1-5-10(12-9)13-6-2-3-8(13)7-14/h1,4-5,8,14H,2-3,6-7H2,(H2,11,12)/t8-/m1/s1. The number of hydrogen-bond acceptors (Lipinski definition) is 4. The van der Waals surface area contributed by atoms with Gasteiger partial charge >= 0.3 is 0 Å². The first-order valence-corrected chi connectivity index (χ1v) is 4.91. The Hall–Kier alpha value is -1.29. The number of nitrogen functional groups attached to an aromatic ring is 1. The van der Waals surface area contributed by atoms with Crippen LogP contribution in [0, 0.1) is 0 Å². The molecule has 0 radical (unpaired) electrons. The van der Waals surface area contributed by atoms with Crippen molar-refractivity contribution in [3.05, 3.63) is 18.2 Å². The molecule has 1 aliphatic heterocycles. The molecule has 76 valence electrons. The molecule has 4 nitrogen and oxygen atoms in total. The van der Waals surface area contributed by atoms with Crippen LogP contribution in [0.5, 0.6) is 0 Å². The maximum Gasteiger partial charge on any atom is 0.131 e. The lowest BCUT2D eigenvalue weighted by Crippen LogP contribution is -2.32. The Kier molecular flexibility index (Phi) is 2.54. The first-order valence-electron chi connectivity index (χ1n) is 4.91. The Morgan fingerprint density at radius 2 is 2.43 bits per heavy atom. The second-order valence-electron chi connectivity index (χ2n) is 3.59. The summed E-state index contributed by atoms with van der Waals surface area (Å²) in [4.78, 5) is 6.37. The number of pyridine rings is 1. The molecule has 2 heterocycles. The summed E-state index contributed by atoms with van der Waals surface area (Å²) >= 11 is 0. The molecule has 0 aromatic carbocycles. The number of aromatic nitrogens is 1. The van der Waals surface area contributed by atoms with E-state index < -0.39 is 0 Å². The van der Waals surface area contributed by atoms with E-state index in [0.717, 1.165) is 25.2 Å². The highest BCUT2D eigenvalue weighted by molar-refractivity contribution is 5.46. The van der Waals surface area contributed by atoms with Gasteiger partial charge in [-0.3, -0.25) is 0 Å². The first-order chi connectivity index (χ1) is 6.81. The highest BCUT2D eigenvalue weighted by Crippen LogP contribution is 2.23. The van der Waals surface area contributed by atoms with Gasteiger partial charge in [0.2, 0.25) is 0 Å². The topological polar surface area (TPSA) is 62.4 Å². The number of aliphatic hydroxyl groups excluding tert-OH is 1. The second-order valence-corrected chi connectivity index (χ2v) is 3.59. The van der Waals surface area contributed by atoms with Crippen molar-refractivity contribution in [2.75, 3.05) is 23.8 Å². The molecule has 0 bridgehead atoms. The SMILES string of the molecule is Nc1cccc(N2CCC[C@@H]2CO)n1. The second kappa shape index (κ2) is 3.84. The zero-order chi connectivity index (χ0) is 9.97. The highest BCUT2D eigenvalue weighted by atomic mass is 16.3. The van der Waals surface area contributed by atoms with E-state index >= 15 is 0 Å². The van der Waals surface area contributed by atoms with E-state index in [1.807, 2.05) is 12.1 Å². The van der Waals surface area contributed by atoms with Crippen molar-refractivity contribution in [3.8, 4) is 0 Å². The quantitative estimate of drug-likeness (QED) is 0.723. The van der Waals surface area contributed by atoms with Crippen molar-refractivity contribution in [2.24, 2.45) is 0 Å². The van der Waals surface area contributed by atoms with Gasteiger partial charge in [-0.2, -0.15) is 0 Å². The van der Waals surface area contributed by atoms with Crippen molar-refractivity contribution in [3.63, 3.8) is 0 Å². The van der Waals surface area contributed by atoms with Crippen molar-refractivity contribution < 1.29 is 5.11 Å². The Morgan fingerprint density at radius 1 is 1.57 bits per heavy atom. The maximum atomic E-state index is 9.17. The number of nitrogens with two attached hydrogens (primary N) is 1. The third-order valence-corrected chi connectivity index (χ3v) is 2.64. The molecule has 14 heavy (non-hydrogen) atoms. The minimum Gasteiger partial charge on any atom is -0.394 e. The molecule has 1 atom stereocenters. The monoisotopic (exact) mass is 193 g/mol. The Bertz CT molecular complexity index is 316. The van der Waals surface area contributed by atoms with E-state index in [1.165, 1.54) is 0 Å². The van der Waals surface area contributed by atoms with Gasteiger partial charge in [0, 0.05) is 6.54 Å². The van der Waals surface area contributed by atoms with Crippen LogP contribution in [0.4, 0.5) is 11.6 Å². The van der Waals surface area contributed by atoms with Crippen LogP contribution < -0.4 is 10.6 Å². The molecule has 1 aliphatic rings. The minimum absolute atomic E-state index is 0.191. The fourth-order valence-corrected chi connectivity index (χ4v) is 1.93. The molecule has 1 fully saturated rings. The molecule has 0 saturated carbocycles. The molecule has 3 N–H and O–H groups in total. The van der Waals surface area contributed by atoms with Crippen molar-refractivity contribution in [1.82, 2.24) is 4.98 Å². The zero-order valence-electron chi connectivity index (χ0n) is 8.06. The number of anilines is 2. The molecule has 2 rings (SSSR count). The predicted molar refractivity (Wildman–Crippen MR) is 56.1 cm³/mol. The van der Waals surface area contributed by atoms with E-state index in [-0.39, 0.29) is 12.6 Å². The number of rotatable bonds is 2. The average molecular weight is 193 g/mol. The lowest BCUT2D eigenvalue weighted by molar-refractivity contribution is 0.266. The zero-order valence-corrected chi connectivity index (χ0v) is 8.06. The summed E-state index contributed by atoms with van der Waals surface area (Å²) in [5.41, 5.74) is 5.61. The largest absolute Gasteiger partial charge is 0.394 e. The molecule has 4 heteroatoms. The van der Waals surface area contributed by atoms with E-state index in [2.05, 4.69) is 9.88 Å². The van der Waals surface area contributed by atoms with Gasteiger partial charge in [-0.1, -0.05) is 6.07 Å². The van der Waals surface area contributed by atoms with E-state index in [1.54, 1.807) is 6.07 Å². The van der Waals surface area contributed by atoms with Gasteiger partial charge in [0.15, 0.2) is 0 Å². The van der Waals surface area contributed by atoms with Crippen LogP contribution in [0.3, 0.4) is 0 Å². The van der Waals surface area contributed by atoms with Crippen LogP contribution in [-0.2, 0) is 0 Å². The molecule has 1 aromatic rings. The summed E-state index contributed by atoms with van der Waals surface area (Å²) in [5, 5.41) is 9.17. The van der Waals surface area contributed by atoms with Crippen LogP contribution in [0.2, 0.25) is 0 Å². The van der Waals surface area contributed by atoms with Crippen molar-refractivity contribution >= 4 is 11.6 Å². The van der Waals surface area contributed by atoms with Gasteiger partial charge in [-0.15, -0.1) is 0 Å². The third kappa shape index (κ3) is 1.65. The molecule has 1 saturated heterocycles. The van der Waals surface area contributed by atoms with E-state index in [0.29, 0.717) is 5.82 Å². The molecular formula is C10H15N3O. The molecule has 0 aliphatic carbocycles. The van der Waals surface area contributed by atoms with Crippen LogP contribution >= 0.6 is 0 Å². The summed E-state index contributed by atoms with van der Waals surface area (Å²) in [7, 11) is 0. The van der Waals surface area contributed by atoms with Crippen LogP contribution in [-0.4, -0.2) is 29.3 Å². The Balaban J connectivity index is 2.21. The summed E-state index contributed by atoms with van der Waals surface area (Å²) in [6.45, 7) is 1.15. The van der Waals surface area contributed by atoms with Crippen molar-refractivity contribution in [2.45, 2.75) is 18.9 Å². The minimum atomic E-state index is 0.191. The average Bonchev–Trinajstić information content (AvgIpc) is 2.65. The molecule has 0 amide bonds. The molecule has 1 aromatic heterocycles. The molecular weight excluding hydrogens is 178 g/mol. The Labute approximate surface area is 83.4 Å². The number of nitrogens with zero attached hydrogens (tertiary/aromatic N) is 2. The van der Waals surface area contributed by atoms with Crippen LogP contribution in [0.1, 0.15) is 12.8 Å². The normalized spacial score (nSPS) is 21.5.